The van der Waals surface area contributed by atoms with Crippen LogP contribution in [0.1, 0.15) is 44.3 Å². The van der Waals surface area contributed by atoms with Crippen LogP contribution in [-0.4, -0.2) is 22.7 Å². The van der Waals surface area contributed by atoms with Crippen molar-refractivity contribution in [3.8, 4) is 0 Å². The van der Waals surface area contributed by atoms with Crippen molar-refractivity contribution < 1.29 is 17.7 Å². The number of alkyl halides is 3. The molecule has 1 aromatic rings. The van der Waals surface area contributed by atoms with Gasteiger partial charge in [0.05, 0.1) is 0 Å². The molecule has 1 unspecified atom stereocenters. The normalized spacial score (nSPS) is 18.9. The summed E-state index contributed by atoms with van der Waals surface area (Å²) < 4.78 is 41.9. The molecule has 0 bridgehead atoms. The second kappa shape index (κ2) is 5.90. The quantitative estimate of drug-likeness (QED) is 0.899. The topological polar surface area (TPSA) is 51.0 Å². The van der Waals surface area contributed by atoms with Crippen molar-refractivity contribution in [2.24, 2.45) is 5.92 Å². The van der Waals surface area contributed by atoms with Gasteiger partial charge in [0.15, 0.2) is 0 Å². The van der Waals surface area contributed by atoms with Crippen LogP contribution in [0.25, 0.3) is 0 Å². The Labute approximate surface area is 109 Å². The maximum Gasteiger partial charge on any atom is 0.455 e. The molecule has 4 nitrogen and oxygen atoms in total. The van der Waals surface area contributed by atoms with Crippen LogP contribution in [0.4, 0.5) is 13.2 Å². The van der Waals surface area contributed by atoms with Crippen molar-refractivity contribution in [2.75, 3.05) is 6.54 Å². The molecule has 0 aromatic carbocycles. The third-order valence-electron chi connectivity index (χ3n) is 3.55. The van der Waals surface area contributed by atoms with E-state index in [9.17, 15) is 13.2 Å². The predicted octanol–water partition coefficient (Wildman–Crippen LogP) is 2.80. The highest BCUT2D eigenvalue weighted by Crippen LogP contribution is 2.30. The van der Waals surface area contributed by atoms with Gasteiger partial charge in [-0.05, 0) is 25.3 Å². The van der Waals surface area contributed by atoms with E-state index in [1.807, 2.05) is 6.92 Å². The van der Waals surface area contributed by atoms with Gasteiger partial charge in [-0.15, -0.1) is 0 Å². The smallest absolute Gasteiger partial charge is 0.339 e. The Kier molecular flexibility index (Phi) is 4.44. The summed E-state index contributed by atoms with van der Waals surface area (Å²) in [5.41, 5.74) is 0. The lowest BCUT2D eigenvalue weighted by Crippen LogP contribution is -2.37. The van der Waals surface area contributed by atoms with Gasteiger partial charge >= 0.3 is 6.18 Å². The van der Waals surface area contributed by atoms with Crippen molar-refractivity contribution in [3.05, 3.63) is 11.7 Å². The minimum atomic E-state index is -4.54. The number of hydrogen-bond acceptors (Lipinski definition) is 4. The van der Waals surface area contributed by atoms with E-state index in [0.29, 0.717) is 12.3 Å². The van der Waals surface area contributed by atoms with E-state index in [1.165, 1.54) is 12.8 Å². The third kappa shape index (κ3) is 3.68. The van der Waals surface area contributed by atoms with Crippen molar-refractivity contribution in [1.82, 2.24) is 15.5 Å². The van der Waals surface area contributed by atoms with Gasteiger partial charge < -0.3 is 9.84 Å². The summed E-state index contributed by atoms with van der Waals surface area (Å²) in [6.07, 6.45) is 0.411. The maximum atomic E-state index is 12.4. The predicted molar refractivity (Wildman–Crippen MR) is 62.4 cm³/mol. The van der Waals surface area contributed by atoms with Crippen LogP contribution < -0.4 is 5.32 Å². The van der Waals surface area contributed by atoms with Crippen molar-refractivity contribution in [1.29, 1.82) is 0 Å². The van der Waals surface area contributed by atoms with E-state index < -0.39 is 12.0 Å². The van der Waals surface area contributed by atoms with Crippen LogP contribution >= 0.6 is 0 Å². The fraction of sp³-hybridized carbons (Fsp3) is 0.833. The number of nitrogens with zero attached hydrogens (tertiary/aromatic N) is 2. The SMILES string of the molecule is CCNC(Cc1nc(C(F)(F)F)no1)C1CCCC1. The Morgan fingerprint density at radius 2 is 2.05 bits per heavy atom. The summed E-state index contributed by atoms with van der Waals surface area (Å²) in [4.78, 5) is 3.43. The molecule has 0 saturated heterocycles. The number of nitrogens with one attached hydrogen (secondary N) is 1. The minimum Gasteiger partial charge on any atom is -0.339 e. The molecule has 0 radical (unpaired) electrons. The third-order valence-corrected chi connectivity index (χ3v) is 3.55. The molecule has 1 saturated carbocycles. The van der Waals surface area contributed by atoms with E-state index in [-0.39, 0.29) is 11.9 Å². The van der Waals surface area contributed by atoms with Gasteiger partial charge in [0.1, 0.15) is 0 Å². The number of hydrogen-bond donors (Lipinski definition) is 1. The average Bonchev–Trinajstić information content (AvgIpc) is 2.98. The molecule has 0 amide bonds. The maximum absolute atomic E-state index is 12.4. The molecular formula is C12H18F3N3O. The summed E-state index contributed by atoms with van der Waals surface area (Å²) >= 11 is 0. The molecule has 1 fully saturated rings. The van der Waals surface area contributed by atoms with Crippen molar-refractivity contribution in [3.63, 3.8) is 0 Å². The zero-order valence-electron chi connectivity index (χ0n) is 10.8. The summed E-state index contributed by atoms with van der Waals surface area (Å²) in [7, 11) is 0. The molecule has 1 aromatic heterocycles. The van der Waals surface area contributed by atoms with Gasteiger partial charge in [-0.2, -0.15) is 18.2 Å². The standard InChI is InChI=1S/C12H18F3N3O/c1-2-16-9(8-5-3-4-6-8)7-10-17-11(18-19-10)12(13,14)15/h8-9,16H,2-7H2,1H3. The lowest BCUT2D eigenvalue weighted by atomic mass is 9.95. The Morgan fingerprint density at radius 1 is 1.37 bits per heavy atom. The van der Waals surface area contributed by atoms with E-state index in [4.69, 9.17) is 4.52 Å². The highest BCUT2D eigenvalue weighted by atomic mass is 19.4. The molecule has 1 atom stereocenters. The Bertz CT molecular complexity index is 399. The van der Waals surface area contributed by atoms with Crippen LogP contribution in [0.5, 0.6) is 0 Å². The van der Waals surface area contributed by atoms with Gasteiger partial charge in [-0.25, -0.2) is 0 Å². The minimum absolute atomic E-state index is 0.0603. The van der Waals surface area contributed by atoms with Gasteiger partial charge in [0.2, 0.25) is 5.89 Å². The summed E-state index contributed by atoms with van der Waals surface area (Å²) in [6, 6.07) is 0.119. The first kappa shape index (κ1) is 14.3. The van der Waals surface area contributed by atoms with E-state index >= 15 is 0 Å². The van der Waals surface area contributed by atoms with Crippen LogP contribution in [0, 0.1) is 5.92 Å². The Hall–Kier alpha value is -1.11. The van der Waals surface area contributed by atoms with Gasteiger partial charge in [-0.3, -0.25) is 0 Å². The van der Waals surface area contributed by atoms with Crippen molar-refractivity contribution >= 4 is 0 Å². The van der Waals surface area contributed by atoms with Gasteiger partial charge in [0.25, 0.3) is 5.82 Å². The molecule has 19 heavy (non-hydrogen) atoms. The fourth-order valence-electron chi connectivity index (χ4n) is 2.67. The zero-order valence-corrected chi connectivity index (χ0v) is 10.8. The number of aromatic nitrogens is 2. The lowest BCUT2D eigenvalue weighted by molar-refractivity contribution is -0.146. The molecule has 1 aliphatic rings. The van der Waals surface area contributed by atoms with E-state index in [2.05, 4.69) is 15.5 Å². The first-order valence-electron chi connectivity index (χ1n) is 6.64. The summed E-state index contributed by atoms with van der Waals surface area (Å²) in [5.74, 6) is -0.643. The molecule has 1 N–H and O–H groups in total. The van der Waals surface area contributed by atoms with Crippen molar-refractivity contribution in [2.45, 2.75) is 51.2 Å². The molecule has 0 spiro atoms. The summed E-state index contributed by atoms with van der Waals surface area (Å²) in [5, 5.41) is 6.30. The largest absolute Gasteiger partial charge is 0.455 e. The average molecular weight is 277 g/mol. The van der Waals surface area contributed by atoms with E-state index in [0.717, 1.165) is 19.4 Å². The molecule has 1 aliphatic carbocycles. The van der Waals surface area contributed by atoms with Gasteiger partial charge in [-0.1, -0.05) is 24.9 Å². The fourth-order valence-corrected chi connectivity index (χ4v) is 2.67. The highest BCUT2D eigenvalue weighted by Gasteiger charge is 2.37. The van der Waals surface area contributed by atoms with Crippen LogP contribution in [0.3, 0.4) is 0 Å². The van der Waals surface area contributed by atoms with Crippen LogP contribution in [0.15, 0.2) is 4.52 Å². The monoisotopic (exact) mass is 277 g/mol. The summed E-state index contributed by atoms with van der Waals surface area (Å²) in [6.45, 7) is 2.76. The number of likely N-dealkylation sites (N-methyl/N-ethyl adjacent to an activating group) is 1. The number of rotatable bonds is 5. The molecular weight excluding hydrogens is 259 g/mol. The van der Waals surface area contributed by atoms with Crippen LogP contribution in [0.2, 0.25) is 0 Å². The first-order valence-corrected chi connectivity index (χ1v) is 6.64. The molecule has 1 heterocycles. The Balaban J connectivity index is 2.02. The Morgan fingerprint density at radius 3 is 2.58 bits per heavy atom. The number of halogens is 3. The molecule has 2 rings (SSSR count). The first-order chi connectivity index (χ1) is 9.00. The second-order valence-corrected chi connectivity index (χ2v) is 4.92. The lowest BCUT2D eigenvalue weighted by Gasteiger charge is -2.22. The van der Waals surface area contributed by atoms with Crippen LogP contribution in [-0.2, 0) is 12.6 Å². The molecule has 0 aliphatic heterocycles. The molecule has 7 heteroatoms. The highest BCUT2D eigenvalue weighted by molar-refractivity contribution is 4.95. The second-order valence-electron chi connectivity index (χ2n) is 4.92. The van der Waals surface area contributed by atoms with E-state index in [1.54, 1.807) is 0 Å². The van der Waals surface area contributed by atoms with Gasteiger partial charge in [0, 0.05) is 12.5 Å². The molecule has 108 valence electrons. The zero-order chi connectivity index (χ0) is 13.9.